The first-order chi connectivity index (χ1) is 20.5. The van der Waals surface area contributed by atoms with Crippen LogP contribution in [0.1, 0.15) is 69.3 Å². The summed E-state index contributed by atoms with van der Waals surface area (Å²) in [6.07, 6.45) is 6.81. The molecule has 230 valence electrons. The van der Waals surface area contributed by atoms with Crippen LogP contribution in [0.15, 0.2) is 69.3 Å². The minimum Gasteiger partial charge on any atom is -0.489 e. The lowest BCUT2D eigenvalue weighted by Crippen LogP contribution is -2.36. The molecule has 3 heterocycles. The summed E-state index contributed by atoms with van der Waals surface area (Å²) in [5.41, 5.74) is 2.66. The number of benzene rings is 2. The molecule has 11 heteroatoms. The molecule has 43 heavy (non-hydrogen) atoms. The summed E-state index contributed by atoms with van der Waals surface area (Å²) in [6, 6.07) is 10.8. The number of amides is 1. The van der Waals surface area contributed by atoms with Gasteiger partial charge in [0.1, 0.15) is 11.6 Å². The van der Waals surface area contributed by atoms with Crippen molar-refractivity contribution in [2.24, 2.45) is 4.99 Å². The average Bonchev–Trinajstić information content (AvgIpc) is 3.61. The van der Waals surface area contributed by atoms with Gasteiger partial charge < -0.3 is 25.6 Å². The van der Waals surface area contributed by atoms with Gasteiger partial charge in [-0.05, 0) is 89.4 Å². The van der Waals surface area contributed by atoms with Crippen molar-refractivity contribution in [3.8, 4) is 5.75 Å². The van der Waals surface area contributed by atoms with Crippen molar-refractivity contribution in [2.45, 2.75) is 82.2 Å². The third-order valence-electron chi connectivity index (χ3n) is 7.74. The molecule has 3 N–H and O–H groups in total. The smallest absolute Gasteiger partial charge is 0.254 e. The van der Waals surface area contributed by atoms with Gasteiger partial charge in [0.05, 0.1) is 32.7 Å². The molecule has 0 unspecified atom stereocenters. The van der Waals surface area contributed by atoms with Crippen LogP contribution < -0.4 is 20.7 Å². The van der Waals surface area contributed by atoms with Crippen LogP contribution in [0.25, 0.3) is 0 Å². The van der Waals surface area contributed by atoms with Crippen LogP contribution in [0.2, 0.25) is 0 Å². The van der Waals surface area contributed by atoms with Crippen LogP contribution in [0.4, 0.5) is 11.4 Å². The molecule has 0 aromatic heterocycles. The maximum Gasteiger partial charge on any atom is 0.254 e. The van der Waals surface area contributed by atoms with E-state index in [0.717, 1.165) is 37.9 Å². The molecule has 1 fully saturated rings. The number of amidine groups is 1. The number of halogens is 1. The molecule has 0 spiro atoms. The molecule has 1 atom stereocenters. The first kappa shape index (κ1) is 31.1. The standard InChI is InChI=1S/C32H40ClN5O4S/c1-20(2)42-28-16-22-19-38(23-14-15-34-18-23)32(39)24(22)17-27(28)35-30-13-7-5-6-10-25(33)31(37-30)36-26-11-8-9-12-29(26)43(40,41)21(3)4/h6,8-12,16-17,20-21,23,34,36H,5,7,13-15,18-19H2,1-4H3,(H,35,37)/b10-6-,31-25+/t23-/m0/s1. The summed E-state index contributed by atoms with van der Waals surface area (Å²) in [5.74, 6) is 1.60. The number of anilines is 2. The number of hydrogen-bond acceptors (Lipinski definition) is 8. The zero-order valence-corrected chi connectivity index (χ0v) is 26.7. The summed E-state index contributed by atoms with van der Waals surface area (Å²) < 4.78 is 32.4. The third-order valence-corrected chi connectivity index (χ3v) is 10.3. The fraction of sp³-hybridized carbons (Fsp3) is 0.438. The number of rotatable bonds is 8. The number of hydrogen-bond donors (Lipinski definition) is 3. The van der Waals surface area contributed by atoms with Crippen LogP contribution >= 0.6 is 11.6 Å². The number of carbonyl (C=O) groups is 1. The Kier molecular flexibility index (Phi) is 9.48. The SMILES string of the molecule is CC(C)Oc1cc2c(cc1N/C1=N/C(Nc3ccccc3S(=O)(=O)C(C)C)=C(Cl)\C=C/CCC1)C(=O)N([C@H]1CCNC1)C2. The van der Waals surface area contributed by atoms with Gasteiger partial charge in [0.15, 0.2) is 15.7 Å². The summed E-state index contributed by atoms with van der Waals surface area (Å²) >= 11 is 6.72. The minimum absolute atomic E-state index is 0.0247. The molecular formula is C32H40ClN5O4S. The first-order valence-electron chi connectivity index (χ1n) is 14.9. The van der Waals surface area contributed by atoms with Crippen LogP contribution in [-0.4, -0.2) is 55.5 Å². The van der Waals surface area contributed by atoms with Crippen LogP contribution in [0.5, 0.6) is 5.75 Å². The molecule has 0 bridgehead atoms. The monoisotopic (exact) mass is 625 g/mol. The minimum atomic E-state index is -3.57. The van der Waals surface area contributed by atoms with E-state index < -0.39 is 15.1 Å². The second kappa shape index (κ2) is 13.1. The Hall–Kier alpha value is -3.34. The highest BCUT2D eigenvalue weighted by atomic mass is 35.5. The lowest BCUT2D eigenvalue weighted by Gasteiger charge is -2.22. The lowest BCUT2D eigenvalue weighted by atomic mass is 10.1. The quantitative estimate of drug-likeness (QED) is 0.328. The van der Waals surface area contributed by atoms with Crippen molar-refractivity contribution in [1.82, 2.24) is 10.2 Å². The number of fused-ring (bicyclic) bond motifs is 1. The van der Waals surface area contributed by atoms with E-state index in [2.05, 4.69) is 16.0 Å². The predicted molar refractivity (Wildman–Crippen MR) is 173 cm³/mol. The van der Waals surface area contributed by atoms with Crippen molar-refractivity contribution in [3.05, 3.63) is 70.5 Å². The van der Waals surface area contributed by atoms with Gasteiger partial charge in [-0.25, -0.2) is 13.4 Å². The van der Waals surface area contributed by atoms with E-state index in [4.69, 9.17) is 21.3 Å². The second-order valence-corrected chi connectivity index (χ2v) is 14.5. The summed E-state index contributed by atoms with van der Waals surface area (Å²) in [4.78, 5) is 20.5. The van der Waals surface area contributed by atoms with Crippen molar-refractivity contribution >= 4 is 44.6 Å². The van der Waals surface area contributed by atoms with E-state index in [-0.39, 0.29) is 22.9 Å². The number of ether oxygens (including phenoxy) is 1. The normalized spacial score (nSPS) is 23.0. The molecule has 2 aromatic carbocycles. The Morgan fingerprint density at radius 2 is 1.91 bits per heavy atom. The molecule has 2 aromatic rings. The van der Waals surface area contributed by atoms with Crippen molar-refractivity contribution in [3.63, 3.8) is 0 Å². The van der Waals surface area contributed by atoms with Gasteiger partial charge >= 0.3 is 0 Å². The number of allylic oxidation sites excluding steroid dienone is 3. The van der Waals surface area contributed by atoms with E-state index in [9.17, 15) is 13.2 Å². The number of sulfone groups is 1. The fourth-order valence-corrected chi connectivity index (χ4v) is 6.82. The molecule has 0 aliphatic carbocycles. The van der Waals surface area contributed by atoms with Crippen LogP contribution in [0.3, 0.4) is 0 Å². The van der Waals surface area contributed by atoms with E-state index in [0.29, 0.717) is 52.3 Å². The number of nitrogens with zero attached hydrogens (tertiary/aromatic N) is 2. The Balaban J connectivity index is 1.51. The summed E-state index contributed by atoms with van der Waals surface area (Å²) in [5, 5.41) is 9.75. The van der Waals surface area contributed by atoms with Gasteiger partial charge in [0.2, 0.25) is 0 Å². The third kappa shape index (κ3) is 6.92. The van der Waals surface area contributed by atoms with Crippen molar-refractivity contribution < 1.29 is 17.9 Å². The zero-order valence-electron chi connectivity index (χ0n) is 25.1. The molecule has 1 amide bonds. The highest BCUT2D eigenvalue weighted by Crippen LogP contribution is 2.36. The van der Waals surface area contributed by atoms with Gasteiger partial charge in [-0.1, -0.05) is 29.8 Å². The zero-order chi connectivity index (χ0) is 30.7. The second-order valence-electron chi connectivity index (χ2n) is 11.6. The van der Waals surface area contributed by atoms with Gasteiger partial charge in [0, 0.05) is 31.1 Å². The fourth-order valence-electron chi connectivity index (χ4n) is 5.44. The number of nitrogens with one attached hydrogen (secondary N) is 3. The largest absolute Gasteiger partial charge is 0.489 e. The van der Waals surface area contributed by atoms with Gasteiger partial charge in [-0.15, -0.1) is 0 Å². The van der Waals surface area contributed by atoms with Gasteiger partial charge in [-0.3, -0.25) is 4.79 Å². The number of aliphatic imine (C=N–C) groups is 1. The summed E-state index contributed by atoms with van der Waals surface area (Å²) in [7, 11) is -3.57. The highest BCUT2D eigenvalue weighted by molar-refractivity contribution is 7.92. The molecule has 5 rings (SSSR count). The van der Waals surface area contributed by atoms with E-state index in [1.165, 1.54) is 0 Å². The molecule has 3 aliphatic heterocycles. The summed E-state index contributed by atoms with van der Waals surface area (Å²) in [6.45, 7) is 9.52. The lowest BCUT2D eigenvalue weighted by molar-refractivity contribution is 0.0717. The topological polar surface area (TPSA) is 112 Å². The Bertz CT molecular complexity index is 1580. The molecule has 0 radical (unpaired) electrons. The van der Waals surface area contributed by atoms with Gasteiger partial charge in [-0.2, -0.15) is 0 Å². The Labute approximate surface area is 259 Å². The Morgan fingerprint density at radius 1 is 1.12 bits per heavy atom. The maximum atomic E-state index is 13.5. The van der Waals surface area contributed by atoms with E-state index in [1.807, 2.05) is 37.0 Å². The van der Waals surface area contributed by atoms with E-state index >= 15 is 0 Å². The van der Waals surface area contributed by atoms with Gasteiger partial charge in [0.25, 0.3) is 5.91 Å². The molecule has 1 saturated heterocycles. The predicted octanol–water partition coefficient (Wildman–Crippen LogP) is 6.04. The molecular weight excluding hydrogens is 586 g/mol. The highest BCUT2D eigenvalue weighted by Gasteiger charge is 2.35. The van der Waals surface area contributed by atoms with E-state index in [1.54, 1.807) is 44.2 Å². The number of para-hydroxylation sites is 1. The van der Waals surface area contributed by atoms with Crippen LogP contribution in [-0.2, 0) is 16.4 Å². The number of carbonyl (C=O) groups excluding carboxylic acids is 1. The molecule has 9 nitrogen and oxygen atoms in total. The molecule has 0 saturated carbocycles. The van der Waals surface area contributed by atoms with Crippen molar-refractivity contribution in [1.29, 1.82) is 0 Å². The maximum absolute atomic E-state index is 13.5. The molecule has 3 aliphatic rings. The van der Waals surface area contributed by atoms with Crippen LogP contribution in [0, 0.1) is 0 Å². The average molecular weight is 626 g/mol. The Morgan fingerprint density at radius 3 is 2.63 bits per heavy atom. The van der Waals surface area contributed by atoms with Crippen molar-refractivity contribution in [2.75, 3.05) is 23.7 Å². The first-order valence-corrected chi connectivity index (χ1v) is 16.8.